The van der Waals surface area contributed by atoms with Gasteiger partial charge in [0.15, 0.2) is 0 Å². The van der Waals surface area contributed by atoms with Crippen LogP contribution in [0.3, 0.4) is 0 Å². The molecule has 31 heavy (non-hydrogen) atoms. The highest BCUT2D eigenvalue weighted by Crippen LogP contribution is 2.39. The number of carbonyl (C=O) groups is 2. The van der Waals surface area contributed by atoms with Gasteiger partial charge in [0.1, 0.15) is 5.37 Å². The Kier molecular flexibility index (Phi) is 6.42. The normalized spacial score (nSPS) is 16.0. The Bertz CT molecular complexity index is 1060. The molecule has 5 heteroatoms. The summed E-state index contributed by atoms with van der Waals surface area (Å²) >= 11 is 1.63. The highest BCUT2D eigenvalue weighted by molar-refractivity contribution is 8.00. The number of anilines is 1. The molecule has 3 aromatic carbocycles. The van der Waals surface area contributed by atoms with E-state index in [1.165, 1.54) is 0 Å². The Labute approximate surface area is 187 Å². The van der Waals surface area contributed by atoms with Gasteiger partial charge < -0.3 is 10.2 Å². The number of nitrogens with one attached hydrogen (secondary N) is 1. The number of benzene rings is 3. The lowest BCUT2D eigenvalue weighted by Gasteiger charge is -2.24. The SMILES string of the molecule is CC(C)c1ccccc1NC(=O)c1ccc([C@@H]2SCC(=O)N2Cc2ccccc2)cc1. The van der Waals surface area contributed by atoms with E-state index in [0.29, 0.717) is 23.8 Å². The van der Waals surface area contributed by atoms with Crippen LogP contribution in [-0.4, -0.2) is 22.5 Å². The molecule has 1 aliphatic heterocycles. The molecule has 0 aliphatic carbocycles. The van der Waals surface area contributed by atoms with Crippen molar-refractivity contribution in [2.45, 2.75) is 31.7 Å². The van der Waals surface area contributed by atoms with Gasteiger partial charge >= 0.3 is 0 Å². The first kappa shape index (κ1) is 21.2. The Morgan fingerprint density at radius 1 is 1.00 bits per heavy atom. The highest BCUT2D eigenvalue weighted by Gasteiger charge is 2.32. The molecule has 0 aromatic heterocycles. The molecule has 1 heterocycles. The molecule has 1 atom stereocenters. The van der Waals surface area contributed by atoms with Crippen LogP contribution in [0.25, 0.3) is 0 Å². The minimum Gasteiger partial charge on any atom is -0.322 e. The van der Waals surface area contributed by atoms with Crippen molar-refractivity contribution in [2.24, 2.45) is 0 Å². The van der Waals surface area contributed by atoms with Crippen molar-refractivity contribution in [1.29, 1.82) is 0 Å². The van der Waals surface area contributed by atoms with Crippen LogP contribution in [-0.2, 0) is 11.3 Å². The summed E-state index contributed by atoms with van der Waals surface area (Å²) in [5.41, 5.74) is 4.71. The van der Waals surface area contributed by atoms with Gasteiger partial charge in [-0.3, -0.25) is 9.59 Å². The molecule has 0 spiro atoms. The summed E-state index contributed by atoms with van der Waals surface area (Å²) in [6.07, 6.45) is 0. The Balaban J connectivity index is 1.49. The zero-order chi connectivity index (χ0) is 21.8. The number of para-hydroxylation sites is 1. The third-order valence-electron chi connectivity index (χ3n) is 5.45. The van der Waals surface area contributed by atoms with E-state index in [-0.39, 0.29) is 17.2 Å². The predicted molar refractivity (Wildman–Crippen MR) is 127 cm³/mol. The van der Waals surface area contributed by atoms with Crippen LogP contribution >= 0.6 is 11.8 Å². The quantitative estimate of drug-likeness (QED) is 0.535. The highest BCUT2D eigenvalue weighted by atomic mass is 32.2. The van der Waals surface area contributed by atoms with Gasteiger partial charge in [-0.05, 0) is 40.8 Å². The molecule has 0 radical (unpaired) electrons. The zero-order valence-corrected chi connectivity index (χ0v) is 18.6. The largest absolute Gasteiger partial charge is 0.322 e. The minimum atomic E-state index is -0.129. The lowest BCUT2D eigenvalue weighted by atomic mass is 10.0. The van der Waals surface area contributed by atoms with Crippen molar-refractivity contribution in [2.75, 3.05) is 11.1 Å². The molecule has 1 saturated heterocycles. The second-order valence-electron chi connectivity index (χ2n) is 7.99. The van der Waals surface area contributed by atoms with Gasteiger partial charge in [-0.15, -0.1) is 11.8 Å². The number of thioether (sulfide) groups is 1. The maximum Gasteiger partial charge on any atom is 0.255 e. The van der Waals surface area contributed by atoms with E-state index in [4.69, 9.17) is 0 Å². The Morgan fingerprint density at radius 2 is 1.68 bits per heavy atom. The molecular weight excluding hydrogens is 404 g/mol. The molecule has 1 aliphatic rings. The van der Waals surface area contributed by atoms with E-state index in [1.807, 2.05) is 83.8 Å². The molecule has 0 saturated carbocycles. The fourth-order valence-electron chi connectivity index (χ4n) is 3.79. The molecule has 158 valence electrons. The van der Waals surface area contributed by atoms with E-state index in [2.05, 4.69) is 19.2 Å². The predicted octanol–water partition coefficient (Wildman–Crippen LogP) is 5.84. The van der Waals surface area contributed by atoms with Gasteiger partial charge in [0, 0.05) is 17.8 Å². The van der Waals surface area contributed by atoms with Gasteiger partial charge in [-0.25, -0.2) is 0 Å². The monoisotopic (exact) mass is 430 g/mol. The first-order valence-corrected chi connectivity index (χ1v) is 11.5. The molecule has 0 bridgehead atoms. The maximum atomic E-state index is 12.8. The molecule has 2 amide bonds. The number of amides is 2. The van der Waals surface area contributed by atoms with Crippen LogP contribution in [0.15, 0.2) is 78.9 Å². The van der Waals surface area contributed by atoms with E-state index in [0.717, 1.165) is 22.4 Å². The topological polar surface area (TPSA) is 49.4 Å². The van der Waals surface area contributed by atoms with E-state index in [9.17, 15) is 9.59 Å². The number of hydrogen-bond donors (Lipinski definition) is 1. The number of nitrogens with zero attached hydrogens (tertiary/aromatic N) is 1. The summed E-state index contributed by atoms with van der Waals surface area (Å²) < 4.78 is 0. The van der Waals surface area contributed by atoms with Crippen molar-refractivity contribution in [3.8, 4) is 0 Å². The second-order valence-corrected chi connectivity index (χ2v) is 9.06. The van der Waals surface area contributed by atoms with Crippen LogP contribution in [0.2, 0.25) is 0 Å². The lowest BCUT2D eigenvalue weighted by molar-refractivity contribution is -0.128. The first-order chi connectivity index (χ1) is 15.0. The summed E-state index contributed by atoms with van der Waals surface area (Å²) in [6, 6.07) is 25.5. The summed E-state index contributed by atoms with van der Waals surface area (Å²) in [5.74, 6) is 0.819. The van der Waals surface area contributed by atoms with Crippen LogP contribution < -0.4 is 5.32 Å². The van der Waals surface area contributed by atoms with Gasteiger partial charge in [-0.2, -0.15) is 0 Å². The lowest BCUT2D eigenvalue weighted by Crippen LogP contribution is -2.27. The van der Waals surface area contributed by atoms with Gasteiger partial charge in [0.05, 0.1) is 5.75 Å². The van der Waals surface area contributed by atoms with Crippen LogP contribution in [0.5, 0.6) is 0 Å². The summed E-state index contributed by atoms with van der Waals surface area (Å²) in [7, 11) is 0. The summed E-state index contributed by atoms with van der Waals surface area (Å²) in [5, 5.41) is 3.00. The first-order valence-electron chi connectivity index (χ1n) is 10.5. The average Bonchev–Trinajstić information content (AvgIpc) is 3.15. The third kappa shape index (κ3) is 4.83. The van der Waals surface area contributed by atoms with Gasteiger partial charge in [0.2, 0.25) is 5.91 Å². The van der Waals surface area contributed by atoms with Crippen molar-refractivity contribution in [3.05, 3.63) is 101 Å². The molecule has 0 unspecified atom stereocenters. The smallest absolute Gasteiger partial charge is 0.255 e. The van der Waals surface area contributed by atoms with Crippen LogP contribution in [0, 0.1) is 0 Å². The molecule has 1 N–H and O–H groups in total. The zero-order valence-electron chi connectivity index (χ0n) is 17.7. The molecular formula is C26H26N2O2S. The van der Waals surface area contributed by atoms with Crippen molar-refractivity contribution >= 4 is 29.3 Å². The van der Waals surface area contributed by atoms with Gasteiger partial charge in [0.25, 0.3) is 5.91 Å². The molecule has 4 nitrogen and oxygen atoms in total. The maximum absolute atomic E-state index is 12.8. The third-order valence-corrected chi connectivity index (χ3v) is 6.71. The Morgan fingerprint density at radius 3 is 2.39 bits per heavy atom. The fourth-order valence-corrected chi connectivity index (χ4v) is 4.98. The van der Waals surface area contributed by atoms with Crippen LogP contribution in [0.1, 0.15) is 52.2 Å². The average molecular weight is 431 g/mol. The van der Waals surface area contributed by atoms with Crippen molar-refractivity contribution in [1.82, 2.24) is 4.90 Å². The van der Waals surface area contributed by atoms with E-state index >= 15 is 0 Å². The van der Waals surface area contributed by atoms with Crippen molar-refractivity contribution < 1.29 is 9.59 Å². The summed E-state index contributed by atoms with van der Waals surface area (Å²) in [6.45, 7) is 4.81. The van der Waals surface area contributed by atoms with Crippen molar-refractivity contribution in [3.63, 3.8) is 0 Å². The van der Waals surface area contributed by atoms with E-state index < -0.39 is 0 Å². The number of rotatable bonds is 6. The fraction of sp³-hybridized carbons (Fsp3) is 0.231. The number of carbonyl (C=O) groups excluding carboxylic acids is 2. The molecule has 4 rings (SSSR count). The molecule has 1 fully saturated rings. The number of hydrogen-bond acceptors (Lipinski definition) is 3. The Hall–Kier alpha value is -3.05. The standard InChI is InChI=1S/C26H26N2O2S/c1-18(2)22-10-6-7-11-23(22)27-25(30)20-12-14-21(15-13-20)26-28(24(29)17-31-26)16-19-8-4-3-5-9-19/h3-15,18,26H,16-17H2,1-2H3,(H,27,30)/t26-/m0/s1. The second kappa shape index (κ2) is 9.40. The van der Waals surface area contributed by atoms with Crippen LogP contribution in [0.4, 0.5) is 5.69 Å². The molecule has 3 aromatic rings. The summed E-state index contributed by atoms with van der Waals surface area (Å²) in [4.78, 5) is 27.2. The van der Waals surface area contributed by atoms with E-state index in [1.54, 1.807) is 11.8 Å². The minimum absolute atomic E-state index is 0.0357. The van der Waals surface area contributed by atoms with Gasteiger partial charge in [-0.1, -0.05) is 74.5 Å².